The standard InChI is InChI=1S/C22H37N3O2/c1-9-16(3)25(21(27)14-22(4,5)6)15-17-13-18(23-20(26)10-2)11-12-19(17)24(7)8/h11-13,16H,9-10,14-15H2,1-8H3,(H,23,26). The molecule has 1 aromatic carbocycles. The number of hydrogen-bond acceptors (Lipinski definition) is 3. The molecule has 5 nitrogen and oxygen atoms in total. The van der Waals surface area contributed by atoms with E-state index in [1.54, 1.807) is 0 Å². The zero-order valence-electron chi connectivity index (χ0n) is 18.3. The molecule has 0 bridgehead atoms. The van der Waals surface area contributed by atoms with Gasteiger partial charge in [-0.3, -0.25) is 9.59 Å². The molecule has 0 aliphatic carbocycles. The monoisotopic (exact) mass is 375 g/mol. The lowest BCUT2D eigenvalue weighted by Crippen LogP contribution is -2.39. The van der Waals surface area contributed by atoms with E-state index in [1.807, 2.05) is 49.0 Å². The van der Waals surface area contributed by atoms with Crippen molar-refractivity contribution in [2.45, 2.75) is 73.4 Å². The van der Waals surface area contributed by atoms with Crippen LogP contribution in [-0.4, -0.2) is 36.9 Å². The molecule has 0 heterocycles. The fraction of sp³-hybridized carbons (Fsp3) is 0.636. The third-order valence-electron chi connectivity index (χ3n) is 4.63. The van der Waals surface area contributed by atoms with Crippen molar-refractivity contribution in [1.82, 2.24) is 4.90 Å². The fourth-order valence-electron chi connectivity index (χ4n) is 2.92. The summed E-state index contributed by atoms with van der Waals surface area (Å²) < 4.78 is 0. The summed E-state index contributed by atoms with van der Waals surface area (Å²) in [6.45, 7) is 12.8. The van der Waals surface area contributed by atoms with Crippen LogP contribution in [0.5, 0.6) is 0 Å². The molecule has 1 rings (SSSR count). The van der Waals surface area contributed by atoms with Gasteiger partial charge in [0, 0.05) is 50.9 Å². The van der Waals surface area contributed by atoms with Gasteiger partial charge in [0.25, 0.3) is 0 Å². The zero-order valence-corrected chi connectivity index (χ0v) is 18.3. The van der Waals surface area contributed by atoms with Gasteiger partial charge < -0.3 is 15.1 Å². The number of anilines is 2. The molecule has 2 amide bonds. The van der Waals surface area contributed by atoms with E-state index in [0.717, 1.165) is 23.4 Å². The van der Waals surface area contributed by atoms with Gasteiger partial charge in [-0.2, -0.15) is 0 Å². The first-order valence-electron chi connectivity index (χ1n) is 9.88. The van der Waals surface area contributed by atoms with Gasteiger partial charge in [0.05, 0.1) is 0 Å². The van der Waals surface area contributed by atoms with Crippen LogP contribution in [0.2, 0.25) is 0 Å². The topological polar surface area (TPSA) is 52.7 Å². The maximum atomic E-state index is 13.0. The Balaban J connectivity index is 3.22. The fourth-order valence-corrected chi connectivity index (χ4v) is 2.92. The second kappa shape index (κ2) is 9.77. The highest BCUT2D eigenvalue weighted by Crippen LogP contribution is 2.28. The van der Waals surface area contributed by atoms with Crippen LogP contribution in [0.4, 0.5) is 11.4 Å². The summed E-state index contributed by atoms with van der Waals surface area (Å²) >= 11 is 0. The molecular weight excluding hydrogens is 338 g/mol. The highest BCUT2D eigenvalue weighted by atomic mass is 16.2. The number of amides is 2. The van der Waals surface area contributed by atoms with Gasteiger partial charge in [0.15, 0.2) is 0 Å². The Bertz CT molecular complexity index is 647. The Labute approximate surface area is 165 Å². The minimum Gasteiger partial charge on any atom is -0.377 e. The van der Waals surface area contributed by atoms with Gasteiger partial charge in [0.1, 0.15) is 0 Å². The lowest BCUT2D eigenvalue weighted by atomic mass is 9.91. The molecule has 0 saturated heterocycles. The van der Waals surface area contributed by atoms with Gasteiger partial charge in [-0.25, -0.2) is 0 Å². The molecule has 5 heteroatoms. The molecule has 1 N–H and O–H groups in total. The van der Waals surface area contributed by atoms with E-state index < -0.39 is 0 Å². The SMILES string of the molecule is CCC(=O)Nc1ccc(N(C)C)c(CN(C(=O)CC(C)(C)C)C(C)CC)c1. The Morgan fingerprint density at radius 1 is 1.15 bits per heavy atom. The lowest BCUT2D eigenvalue weighted by molar-refractivity contribution is -0.135. The second-order valence-corrected chi connectivity index (χ2v) is 8.66. The van der Waals surface area contributed by atoms with Crippen molar-refractivity contribution in [3.8, 4) is 0 Å². The van der Waals surface area contributed by atoms with Gasteiger partial charge in [0.2, 0.25) is 11.8 Å². The van der Waals surface area contributed by atoms with Crippen LogP contribution in [0.15, 0.2) is 18.2 Å². The molecule has 0 aromatic heterocycles. The molecule has 0 fully saturated rings. The molecule has 0 spiro atoms. The summed E-state index contributed by atoms with van der Waals surface area (Å²) in [5, 5.41) is 2.92. The molecular formula is C22H37N3O2. The summed E-state index contributed by atoms with van der Waals surface area (Å²) in [6, 6.07) is 6.06. The summed E-state index contributed by atoms with van der Waals surface area (Å²) in [7, 11) is 3.99. The average molecular weight is 376 g/mol. The van der Waals surface area contributed by atoms with E-state index in [9.17, 15) is 9.59 Å². The van der Waals surface area contributed by atoms with Crippen molar-refractivity contribution in [1.29, 1.82) is 0 Å². The Hall–Kier alpha value is -2.04. The van der Waals surface area contributed by atoms with Crippen molar-refractivity contribution >= 4 is 23.2 Å². The van der Waals surface area contributed by atoms with Gasteiger partial charge >= 0.3 is 0 Å². The summed E-state index contributed by atoms with van der Waals surface area (Å²) in [5.74, 6) is 0.158. The quantitative estimate of drug-likeness (QED) is 0.719. The van der Waals surface area contributed by atoms with E-state index in [0.29, 0.717) is 19.4 Å². The summed E-state index contributed by atoms with van der Waals surface area (Å²) in [6.07, 6.45) is 1.86. The van der Waals surface area contributed by atoms with Crippen LogP contribution < -0.4 is 10.2 Å². The van der Waals surface area contributed by atoms with Crippen LogP contribution in [0, 0.1) is 5.41 Å². The lowest BCUT2D eigenvalue weighted by Gasteiger charge is -2.33. The van der Waals surface area contributed by atoms with Crippen LogP contribution in [0.25, 0.3) is 0 Å². The minimum atomic E-state index is -0.0515. The predicted molar refractivity (Wildman–Crippen MR) is 114 cm³/mol. The highest BCUT2D eigenvalue weighted by molar-refractivity contribution is 5.91. The summed E-state index contributed by atoms with van der Waals surface area (Å²) in [5.41, 5.74) is 2.82. The first-order valence-corrected chi connectivity index (χ1v) is 9.88. The second-order valence-electron chi connectivity index (χ2n) is 8.66. The summed E-state index contributed by atoms with van der Waals surface area (Å²) in [4.78, 5) is 28.8. The number of nitrogens with zero attached hydrogens (tertiary/aromatic N) is 2. The van der Waals surface area contributed by atoms with E-state index in [1.165, 1.54) is 0 Å². The first kappa shape index (κ1) is 23.0. The smallest absolute Gasteiger partial charge is 0.224 e. The van der Waals surface area contributed by atoms with Crippen LogP contribution in [-0.2, 0) is 16.1 Å². The van der Waals surface area contributed by atoms with E-state index >= 15 is 0 Å². The maximum Gasteiger partial charge on any atom is 0.224 e. The molecule has 0 radical (unpaired) electrons. The molecule has 1 unspecified atom stereocenters. The Morgan fingerprint density at radius 2 is 1.78 bits per heavy atom. The first-order chi connectivity index (χ1) is 12.5. The number of nitrogens with one attached hydrogen (secondary N) is 1. The van der Waals surface area contributed by atoms with Crippen LogP contribution >= 0.6 is 0 Å². The van der Waals surface area contributed by atoms with Gasteiger partial charge in [-0.1, -0.05) is 34.6 Å². The molecule has 0 aliphatic heterocycles. The predicted octanol–water partition coefficient (Wildman–Crippen LogP) is 4.66. The van der Waals surface area contributed by atoms with Crippen LogP contribution in [0.3, 0.4) is 0 Å². The Morgan fingerprint density at radius 3 is 2.26 bits per heavy atom. The van der Waals surface area contributed by atoms with E-state index in [2.05, 4.69) is 39.9 Å². The third kappa shape index (κ3) is 7.24. The van der Waals surface area contributed by atoms with E-state index in [4.69, 9.17) is 0 Å². The van der Waals surface area contributed by atoms with Crippen LogP contribution in [0.1, 0.15) is 66.4 Å². The molecule has 152 valence electrons. The Kier molecular flexibility index (Phi) is 8.32. The molecule has 1 aromatic rings. The maximum absolute atomic E-state index is 13.0. The van der Waals surface area contributed by atoms with Crippen molar-refractivity contribution < 1.29 is 9.59 Å². The average Bonchev–Trinajstić information content (AvgIpc) is 2.57. The molecule has 0 aliphatic rings. The normalized spacial score (nSPS) is 12.4. The third-order valence-corrected chi connectivity index (χ3v) is 4.63. The highest BCUT2D eigenvalue weighted by Gasteiger charge is 2.25. The number of rotatable bonds is 8. The minimum absolute atomic E-state index is 0.0128. The molecule has 27 heavy (non-hydrogen) atoms. The molecule has 0 saturated carbocycles. The van der Waals surface area contributed by atoms with Crippen molar-refractivity contribution in [2.75, 3.05) is 24.3 Å². The number of hydrogen-bond donors (Lipinski definition) is 1. The van der Waals surface area contributed by atoms with E-state index in [-0.39, 0.29) is 23.3 Å². The molecule has 1 atom stereocenters. The zero-order chi connectivity index (χ0) is 20.8. The van der Waals surface area contributed by atoms with Gasteiger partial charge in [-0.05, 0) is 42.5 Å². The number of carbonyl (C=O) groups is 2. The van der Waals surface area contributed by atoms with Crippen molar-refractivity contribution in [3.63, 3.8) is 0 Å². The largest absolute Gasteiger partial charge is 0.377 e. The van der Waals surface area contributed by atoms with Crippen molar-refractivity contribution in [3.05, 3.63) is 23.8 Å². The van der Waals surface area contributed by atoms with Crippen molar-refractivity contribution in [2.24, 2.45) is 5.41 Å². The number of carbonyl (C=O) groups excluding carboxylic acids is 2. The number of benzene rings is 1. The van der Waals surface area contributed by atoms with Gasteiger partial charge in [-0.15, -0.1) is 0 Å².